The number of carbonyl (C=O) groups excluding carboxylic acids is 2. The Hall–Kier alpha value is -2.82. The van der Waals surface area contributed by atoms with Crippen LogP contribution in [0.25, 0.3) is 0 Å². The fraction of sp³-hybridized carbons (Fsp3) is 0.222. The average Bonchev–Trinajstić information content (AvgIpc) is 3.38. The van der Waals surface area contributed by atoms with Gasteiger partial charge in [-0.05, 0) is 61.2 Å². The average molecular weight is 311 g/mol. The monoisotopic (exact) mass is 311 g/mol. The number of primary amides is 1. The third kappa shape index (κ3) is 4.10. The van der Waals surface area contributed by atoms with Crippen molar-refractivity contribution < 1.29 is 19.1 Å². The molecule has 1 fully saturated rings. The maximum Gasteiger partial charge on any atom is 0.343 e. The van der Waals surface area contributed by atoms with E-state index in [9.17, 15) is 9.59 Å². The second-order valence-electron chi connectivity index (χ2n) is 5.56. The minimum Gasteiger partial charge on any atom is -0.493 e. The van der Waals surface area contributed by atoms with Gasteiger partial charge >= 0.3 is 5.97 Å². The van der Waals surface area contributed by atoms with E-state index in [0.29, 0.717) is 17.0 Å². The molecule has 2 N–H and O–H groups in total. The molecule has 0 spiro atoms. The number of rotatable bonds is 6. The number of esters is 1. The van der Waals surface area contributed by atoms with Gasteiger partial charge in [0.25, 0.3) is 0 Å². The van der Waals surface area contributed by atoms with Crippen LogP contribution in [0.4, 0.5) is 0 Å². The Kier molecular flexibility index (Phi) is 4.28. The molecule has 3 rings (SSSR count). The molecule has 23 heavy (non-hydrogen) atoms. The van der Waals surface area contributed by atoms with Gasteiger partial charge in [0.05, 0.1) is 12.2 Å². The first-order valence-corrected chi connectivity index (χ1v) is 7.47. The van der Waals surface area contributed by atoms with Gasteiger partial charge in [0, 0.05) is 5.56 Å². The molecule has 5 nitrogen and oxygen atoms in total. The molecule has 0 unspecified atom stereocenters. The number of nitrogens with two attached hydrogens (primary N) is 1. The van der Waals surface area contributed by atoms with Gasteiger partial charge in [-0.3, -0.25) is 4.79 Å². The highest BCUT2D eigenvalue weighted by Gasteiger charge is 2.21. The highest BCUT2D eigenvalue weighted by Crippen LogP contribution is 2.29. The Morgan fingerprint density at radius 1 is 1.00 bits per heavy atom. The fourth-order valence-corrected chi connectivity index (χ4v) is 2.06. The summed E-state index contributed by atoms with van der Waals surface area (Å²) in [6.45, 7) is 0.726. The lowest BCUT2D eigenvalue weighted by molar-refractivity contribution is 0.0733. The maximum atomic E-state index is 12.1. The molecule has 1 saturated carbocycles. The lowest BCUT2D eigenvalue weighted by Crippen LogP contribution is -2.12. The van der Waals surface area contributed by atoms with Crippen molar-refractivity contribution >= 4 is 11.9 Å². The molecule has 1 amide bonds. The molecule has 118 valence electrons. The summed E-state index contributed by atoms with van der Waals surface area (Å²) in [6.07, 6.45) is 2.46. The topological polar surface area (TPSA) is 78.6 Å². The third-order valence-corrected chi connectivity index (χ3v) is 3.60. The van der Waals surface area contributed by atoms with Crippen LogP contribution in [0.15, 0.2) is 48.5 Å². The molecule has 0 saturated heterocycles. The van der Waals surface area contributed by atoms with Crippen molar-refractivity contribution in [1.29, 1.82) is 0 Å². The van der Waals surface area contributed by atoms with Crippen molar-refractivity contribution in [3.8, 4) is 11.5 Å². The molecule has 1 aliphatic carbocycles. The van der Waals surface area contributed by atoms with Crippen molar-refractivity contribution in [3.05, 3.63) is 59.7 Å². The summed E-state index contributed by atoms with van der Waals surface area (Å²) < 4.78 is 10.9. The van der Waals surface area contributed by atoms with E-state index in [1.807, 2.05) is 0 Å². The number of hydrogen-bond donors (Lipinski definition) is 1. The summed E-state index contributed by atoms with van der Waals surface area (Å²) in [5, 5.41) is 0. The van der Waals surface area contributed by atoms with Crippen molar-refractivity contribution in [2.45, 2.75) is 12.8 Å². The third-order valence-electron chi connectivity index (χ3n) is 3.60. The highest BCUT2D eigenvalue weighted by molar-refractivity contribution is 5.94. The van der Waals surface area contributed by atoms with E-state index in [4.69, 9.17) is 15.2 Å². The molecule has 0 heterocycles. The number of hydrogen-bond acceptors (Lipinski definition) is 4. The molecule has 0 aromatic heterocycles. The Morgan fingerprint density at radius 3 is 2.39 bits per heavy atom. The second-order valence-corrected chi connectivity index (χ2v) is 5.56. The molecule has 0 radical (unpaired) electrons. The Bertz CT molecular complexity index is 720. The first-order chi connectivity index (χ1) is 11.1. The normalized spacial score (nSPS) is 13.4. The van der Waals surface area contributed by atoms with Gasteiger partial charge in [0.15, 0.2) is 0 Å². The largest absolute Gasteiger partial charge is 0.493 e. The van der Waals surface area contributed by atoms with Gasteiger partial charge in [-0.1, -0.05) is 6.07 Å². The number of benzene rings is 2. The Balaban J connectivity index is 1.63. The summed E-state index contributed by atoms with van der Waals surface area (Å²) in [7, 11) is 0. The summed E-state index contributed by atoms with van der Waals surface area (Å²) in [5.41, 5.74) is 5.90. The fourth-order valence-electron chi connectivity index (χ4n) is 2.06. The van der Waals surface area contributed by atoms with Crippen LogP contribution in [0.5, 0.6) is 11.5 Å². The van der Waals surface area contributed by atoms with Crippen LogP contribution in [-0.2, 0) is 0 Å². The maximum absolute atomic E-state index is 12.1. The molecule has 0 bridgehead atoms. The first kappa shape index (κ1) is 15.1. The molecular weight excluding hydrogens is 294 g/mol. The van der Waals surface area contributed by atoms with Crippen LogP contribution in [-0.4, -0.2) is 18.5 Å². The summed E-state index contributed by atoms with van der Waals surface area (Å²) in [5.74, 6) is 0.627. The van der Waals surface area contributed by atoms with Gasteiger partial charge in [-0.25, -0.2) is 4.79 Å². The van der Waals surface area contributed by atoms with Crippen LogP contribution in [0.1, 0.15) is 33.6 Å². The molecule has 2 aromatic carbocycles. The van der Waals surface area contributed by atoms with Gasteiger partial charge in [0.1, 0.15) is 11.5 Å². The molecule has 2 aromatic rings. The zero-order valence-corrected chi connectivity index (χ0v) is 12.5. The van der Waals surface area contributed by atoms with Crippen LogP contribution in [0, 0.1) is 5.92 Å². The molecule has 1 aliphatic rings. The zero-order valence-electron chi connectivity index (χ0n) is 12.5. The lowest BCUT2D eigenvalue weighted by Gasteiger charge is -2.07. The SMILES string of the molecule is NC(=O)c1cccc(OC(=O)c2ccc(OCC3CC3)cc2)c1. The Labute approximate surface area is 134 Å². The molecule has 0 aliphatic heterocycles. The molecular formula is C18H17NO4. The van der Waals surface area contributed by atoms with E-state index < -0.39 is 11.9 Å². The van der Waals surface area contributed by atoms with Crippen molar-refractivity contribution in [2.75, 3.05) is 6.61 Å². The van der Waals surface area contributed by atoms with Crippen LogP contribution in [0.2, 0.25) is 0 Å². The van der Waals surface area contributed by atoms with E-state index in [2.05, 4.69) is 0 Å². The number of carbonyl (C=O) groups is 2. The highest BCUT2D eigenvalue weighted by atomic mass is 16.5. The van der Waals surface area contributed by atoms with E-state index in [1.54, 1.807) is 42.5 Å². The van der Waals surface area contributed by atoms with Crippen molar-refractivity contribution in [2.24, 2.45) is 11.7 Å². The minimum absolute atomic E-state index is 0.278. The predicted octanol–water partition coefficient (Wildman–Crippen LogP) is 2.79. The Morgan fingerprint density at radius 2 is 1.74 bits per heavy atom. The van der Waals surface area contributed by atoms with Gasteiger partial charge in [-0.2, -0.15) is 0 Å². The van der Waals surface area contributed by atoms with Gasteiger partial charge in [0.2, 0.25) is 5.91 Å². The quantitative estimate of drug-likeness (QED) is 0.657. The van der Waals surface area contributed by atoms with Crippen LogP contribution in [0.3, 0.4) is 0 Å². The van der Waals surface area contributed by atoms with Crippen molar-refractivity contribution in [1.82, 2.24) is 0 Å². The van der Waals surface area contributed by atoms with E-state index in [-0.39, 0.29) is 5.75 Å². The number of ether oxygens (including phenoxy) is 2. The molecule has 5 heteroatoms. The standard InChI is InChI=1S/C18H17NO4/c19-17(20)14-2-1-3-16(10-14)23-18(21)13-6-8-15(9-7-13)22-11-12-4-5-12/h1-3,6-10,12H,4-5,11H2,(H2,19,20). The second kappa shape index (κ2) is 6.52. The van der Waals surface area contributed by atoms with E-state index in [1.165, 1.54) is 18.9 Å². The first-order valence-electron chi connectivity index (χ1n) is 7.47. The number of amides is 1. The lowest BCUT2D eigenvalue weighted by atomic mass is 10.2. The van der Waals surface area contributed by atoms with Gasteiger partial charge in [-0.15, -0.1) is 0 Å². The van der Waals surface area contributed by atoms with E-state index >= 15 is 0 Å². The van der Waals surface area contributed by atoms with Crippen molar-refractivity contribution in [3.63, 3.8) is 0 Å². The summed E-state index contributed by atoms with van der Waals surface area (Å²) >= 11 is 0. The minimum atomic E-state index is -0.569. The zero-order chi connectivity index (χ0) is 16.2. The smallest absolute Gasteiger partial charge is 0.343 e. The molecule has 0 atom stereocenters. The summed E-state index contributed by atoms with van der Waals surface area (Å²) in [4.78, 5) is 23.2. The van der Waals surface area contributed by atoms with Crippen LogP contribution >= 0.6 is 0 Å². The predicted molar refractivity (Wildman–Crippen MR) is 84.6 cm³/mol. The summed E-state index contributed by atoms with van der Waals surface area (Å²) in [6, 6.07) is 13.0. The van der Waals surface area contributed by atoms with E-state index in [0.717, 1.165) is 12.4 Å². The van der Waals surface area contributed by atoms with Crippen LogP contribution < -0.4 is 15.2 Å². The van der Waals surface area contributed by atoms with Gasteiger partial charge < -0.3 is 15.2 Å².